The van der Waals surface area contributed by atoms with Crippen LogP contribution in [0.5, 0.6) is 11.5 Å². The molecule has 3 rings (SSSR count). The molecule has 0 atom stereocenters. The van der Waals surface area contributed by atoms with Crippen molar-refractivity contribution >= 4 is 29.1 Å². The first-order chi connectivity index (χ1) is 13.9. The Balaban J connectivity index is 1.47. The number of rotatable bonds is 7. The zero-order chi connectivity index (χ0) is 20.8. The molecule has 0 radical (unpaired) electrons. The van der Waals surface area contributed by atoms with Gasteiger partial charge >= 0.3 is 0 Å². The summed E-state index contributed by atoms with van der Waals surface area (Å²) in [5.74, 6) is 1.14. The van der Waals surface area contributed by atoms with Crippen LogP contribution in [0.2, 0.25) is 5.02 Å². The molecule has 0 aromatic heterocycles. The van der Waals surface area contributed by atoms with Crippen molar-refractivity contribution in [3.05, 3.63) is 53.1 Å². The summed E-state index contributed by atoms with van der Waals surface area (Å²) in [5.41, 5.74) is 1.62. The van der Waals surface area contributed by atoms with Gasteiger partial charge in [-0.15, -0.1) is 0 Å². The summed E-state index contributed by atoms with van der Waals surface area (Å²) in [6.45, 7) is 5.21. The zero-order valence-corrected chi connectivity index (χ0v) is 17.4. The fraction of sp³-hybridized carbons (Fsp3) is 0.364. The molecule has 2 amide bonds. The highest BCUT2D eigenvalue weighted by atomic mass is 35.5. The number of fused-ring (bicyclic) bond motifs is 1. The topological polar surface area (TPSA) is 67.9 Å². The van der Waals surface area contributed by atoms with Crippen LogP contribution in [-0.4, -0.2) is 31.1 Å². The third kappa shape index (κ3) is 5.87. The van der Waals surface area contributed by atoms with Gasteiger partial charge in [0.05, 0.1) is 18.3 Å². The van der Waals surface area contributed by atoms with Crippen LogP contribution in [0.1, 0.15) is 32.3 Å². The molecule has 0 unspecified atom stereocenters. The lowest BCUT2D eigenvalue weighted by Gasteiger charge is -2.29. The minimum atomic E-state index is -0.166. The van der Waals surface area contributed by atoms with Crippen molar-refractivity contribution in [1.29, 1.82) is 0 Å². The Hall–Kier alpha value is -2.73. The molecule has 1 aliphatic rings. The first-order valence-corrected chi connectivity index (χ1v) is 10.0. The summed E-state index contributed by atoms with van der Waals surface area (Å²) >= 11 is 6.04. The van der Waals surface area contributed by atoms with E-state index in [2.05, 4.69) is 5.32 Å². The highest BCUT2D eigenvalue weighted by molar-refractivity contribution is 6.31. The predicted octanol–water partition coefficient (Wildman–Crippen LogP) is 3.95. The van der Waals surface area contributed by atoms with E-state index >= 15 is 0 Å². The van der Waals surface area contributed by atoms with Crippen LogP contribution in [-0.2, 0) is 16.1 Å². The van der Waals surface area contributed by atoms with E-state index in [0.717, 1.165) is 11.3 Å². The van der Waals surface area contributed by atoms with Gasteiger partial charge in [-0.3, -0.25) is 9.59 Å². The van der Waals surface area contributed by atoms with Crippen LogP contribution in [0.4, 0.5) is 5.69 Å². The number of carbonyl (C=O) groups is 2. The van der Waals surface area contributed by atoms with Gasteiger partial charge in [0.1, 0.15) is 18.1 Å². The van der Waals surface area contributed by atoms with Crippen molar-refractivity contribution in [3.8, 4) is 11.5 Å². The van der Waals surface area contributed by atoms with Crippen LogP contribution in [0, 0.1) is 0 Å². The molecular weight excluding hydrogens is 392 g/mol. The van der Waals surface area contributed by atoms with Gasteiger partial charge < -0.3 is 19.7 Å². The van der Waals surface area contributed by atoms with Crippen molar-refractivity contribution < 1.29 is 19.1 Å². The number of nitrogens with one attached hydrogen (secondary N) is 1. The fourth-order valence-corrected chi connectivity index (χ4v) is 3.22. The lowest BCUT2D eigenvalue weighted by atomic mass is 10.2. The van der Waals surface area contributed by atoms with Gasteiger partial charge in [-0.1, -0.05) is 23.7 Å². The zero-order valence-electron chi connectivity index (χ0n) is 16.6. The Morgan fingerprint density at radius 1 is 1.17 bits per heavy atom. The number of amides is 2. The minimum Gasteiger partial charge on any atom is -0.491 e. The molecule has 1 N–H and O–H groups in total. The smallest absolute Gasteiger partial charge is 0.227 e. The summed E-state index contributed by atoms with van der Waals surface area (Å²) in [7, 11) is 0. The van der Waals surface area contributed by atoms with E-state index in [1.807, 2.05) is 38.1 Å². The maximum Gasteiger partial charge on any atom is 0.227 e. The monoisotopic (exact) mass is 416 g/mol. The van der Waals surface area contributed by atoms with Crippen LogP contribution in [0.15, 0.2) is 42.5 Å². The summed E-state index contributed by atoms with van der Waals surface area (Å²) in [6.07, 6.45) is 0.368. The number of ether oxygens (including phenoxy) is 2. The van der Waals surface area contributed by atoms with E-state index in [-0.39, 0.29) is 30.8 Å². The second-order valence-electron chi connectivity index (χ2n) is 7.09. The largest absolute Gasteiger partial charge is 0.491 e. The average molecular weight is 417 g/mol. The van der Waals surface area contributed by atoms with Crippen molar-refractivity contribution in [2.45, 2.75) is 39.3 Å². The van der Waals surface area contributed by atoms with E-state index in [4.69, 9.17) is 21.1 Å². The molecule has 2 aromatic carbocycles. The van der Waals surface area contributed by atoms with E-state index < -0.39 is 0 Å². The quantitative estimate of drug-likeness (QED) is 0.742. The third-order valence-electron chi connectivity index (χ3n) is 4.44. The first-order valence-electron chi connectivity index (χ1n) is 9.67. The third-order valence-corrected chi connectivity index (χ3v) is 4.67. The Bertz CT molecular complexity index is 868. The molecule has 6 nitrogen and oxygen atoms in total. The standard InChI is InChI=1S/C22H25ClN2O4/c1-15(2)29-18-6-3-16(4-7-18)14-24-21(26)9-10-22(27)25-11-12-28-20-8-5-17(23)13-19(20)25/h3-8,13,15H,9-12,14H2,1-2H3,(H,24,26). The van der Waals surface area contributed by atoms with E-state index in [9.17, 15) is 9.59 Å². The molecule has 1 aliphatic heterocycles. The predicted molar refractivity (Wildman–Crippen MR) is 113 cm³/mol. The summed E-state index contributed by atoms with van der Waals surface area (Å²) in [6, 6.07) is 12.8. The van der Waals surface area contributed by atoms with Crippen molar-refractivity contribution in [2.75, 3.05) is 18.1 Å². The normalized spacial score (nSPS) is 12.9. The second kappa shape index (κ2) is 9.65. The average Bonchev–Trinajstić information content (AvgIpc) is 2.70. The molecule has 1 heterocycles. The Labute approximate surface area is 175 Å². The molecule has 0 spiro atoms. The molecule has 2 aromatic rings. The van der Waals surface area contributed by atoms with Crippen LogP contribution >= 0.6 is 11.6 Å². The molecule has 0 saturated carbocycles. The Morgan fingerprint density at radius 2 is 1.93 bits per heavy atom. The van der Waals surface area contributed by atoms with Crippen molar-refractivity contribution in [3.63, 3.8) is 0 Å². The van der Waals surface area contributed by atoms with Gasteiger partial charge in [-0.05, 0) is 49.7 Å². The van der Waals surface area contributed by atoms with Crippen molar-refractivity contribution in [2.24, 2.45) is 0 Å². The molecule has 0 aliphatic carbocycles. The Morgan fingerprint density at radius 3 is 2.66 bits per heavy atom. The van der Waals surface area contributed by atoms with Gasteiger partial charge in [0.2, 0.25) is 11.8 Å². The van der Waals surface area contributed by atoms with E-state index in [1.54, 1.807) is 23.1 Å². The number of nitrogens with zero attached hydrogens (tertiary/aromatic N) is 1. The van der Waals surface area contributed by atoms with Gasteiger partial charge in [0.15, 0.2) is 0 Å². The molecule has 0 fully saturated rings. The highest BCUT2D eigenvalue weighted by Gasteiger charge is 2.24. The second-order valence-corrected chi connectivity index (χ2v) is 7.53. The van der Waals surface area contributed by atoms with Gasteiger partial charge in [0.25, 0.3) is 0 Å². The molecule has 154 valence electrons. The summed E-state index contributed by atoms with van der Waals surface area (Å²) in [4.78, 5) is 26.4. The Kier molecular flexibility index (Phi) is 6.99. The van der Waals surface area contributed by atoms with E-state index in [0.29, 0.717) is 36.2 Å². The first kappa shape index (κ1) is 21.0. The van der Waals surface area contributed by atoms with Gasteiger partial charge in [0, 0.05) is 24.4 Å². The van der Waals surface area contributed by atoms with Crippen LogP contribution in [0.25, 0.3) is 0 Å². The van der Waals surface area contributed by atoms with Crippen LogP contribution in [0.3, 0.4) is 0 Å². The number of benzene rings is 2. The highest BCUT2D eigenvalue weighted by Crippen LogP contribution is 2.34. The fourth-order valence-electron chi connectivity index (χ4n) is 3.05. The summed E-state index contributed by atoms with van der Waals surface area (Å²) < 4.78 is 11.2. The molecule has 0 bridgehead atoms. The maximum atomic E-state index is 12.6. The molecule has 29 heavy (non-hydrogen) atoms. The minimum absolute atomic E-state index is 0.118. The van der Waals surface area contributed by atoms with E-state index in [1.165, 1.54) is 0 Å². The van der Waals surface area contributed by atoms with Gasteiger partial charge in [-0.25, -0.2) is 0 Å². The van der Waals surface area contributed by atoms with Gasteiger partial charge in [-0.2, -0.15) is 0 Å². The number of halogens is 1. The number of carbonyl (C=O) groups excluding carboxylic acids is 2. The number of hydrogen-bond donors (Lipinski definition) is 1. The van der Waals surface area contributed by atoms with Crippen LogP contribution < -0.4 is 19.7 Å². The summed E-state index contributed by atoms with van der Waals surface area (Å²) in [5, 5.41) is 3.39. The maximum absolute atomic E-state index is 12.6. The lowest BCUT2D eigenvalue weighted by molar-refractivity contribution is -0.125. The molecular formula is C22H25ClN2O4. The molecule has 0 saturated heterocycles. The number of hydrogen-bond acceptors (Lipinski definition) is 4. The lowest BCUT2D eigenvalue weighted by Crippen LogP contribution is -2.38. The van der Waals surface area contributed by atoms with Crippen molar-refractivity contribution in [1.82, 2.24) is 5.32 Å². The molecule has 7 heteroatoms. The SMILES string of the molecule is CC(C)Oc1ccc(CNC(=O)CCC(=O)N2CCOc3ccc(Cl)cc32)cc1. The number of anilines is 1.